The molecule has 0 aliphatic rings. The number of aromatic nitrogens is 2. The van der Waals surface area contributed by atoms with Gasteiger partial charge in [-0.1, -0.05) is 30.3 Å². The second kappa shape index (κ2) is 6.76. The predicted octanol–water partition coefficient (Wildman–Crippen LogP) is 2.45. The van der Waals surface area contributed by atoms with E-state index < -0.39 is 5.91 Å². The Morgan fingerprint density at radius 3 is 2.50 bits per heavy atom. The number of nitrogens with zero attached hydrogens (tertiary/aromatic N) is 1. The van der Waals surface area contributed by atoms with Gasteiger partial charge in [0.05, 0.1) is 5.69 Å². The van der Waals surface area contributed by atoms with Gasteiger partial charge in [0.25, 0.3) is 11.8 Å². The van der Waals surface area contributed by atoms with Crippen LogP contribution in [0.25, 0.3) is 11.3 Å². The van der Waals surface area contributed by atoms with E-state index in [1.807, 2.05) is 6.07 Å². The van der Waals surface area contributed by atoms with Gasteiger partial charge in [0.2, 0.25) is 0 Å². The summed E-state index contributed by atoms with van der Waals surface area (Å²) >= 11 is 0. The summed E-state index contributed by atoms with van der Waals surface area (Å²) in [4.78, 5) is 23.5. The summed E-state index contributed by atoms with van der Waals surface area (Å²) in [5.74, 6) is -0.891. The average Bonchev–Trinajstić information content (AvgIpc) is 3.12. The Labute approximate surface area is 137 Å². The van der Waals surface area contributed by atoms with E-state index in [0.29, 0.717) is 22.5 Å². The number of hydrogen-bond donors (Lipinski definition) is 4. The topological polar surface area (TPSA) is 107 Å². The Bertz CT molecular complexity index is 874. The molecule has 4 N–H and O–H groups in total. The summed E-state index contributed by atoms with van der Waals surface area (Å²) in [5, 5.41) is 18.0. The van der Waals surface area contributed by atoms with Crippen molar-refractivity contribution in [3.63, 3.8) is 0 Å². The minimum atomic E-state index is -0.678. The maximum Gasteiger partial charge on any atom is 0.292 e. The first kappa shape index (κ1) is 15.4. The molecule has 0 fully saturated rings. The first-order valence-electron chi connectivity index (χ1n) is 7.14. The Kier molecular flexibility index (Phi) is 4.35. The fourth-order valence-corrected chi connectivity index (χ4v) is 2.20. The number of benzene rings is 2. The van der Waals surface area contributed by atoms with Crippen LogP contribution in [0.3, 0.4) is 0 Å². The summed E-state index contributed by atoms with van der Waals surface area (Å²) in [5.41, 5.74) is 4.07. The van der Waals surface area contributed by atoms with E-state index in [-0.39, 0.29) is 11.6 Å². The highest BCUT2D eigenvalue weighted by Crippen LogP contribution is 2.22. The normalized spacial score (nSPS) is 10.2. The molecule has 24 heavy (non-hydrogen) atoms. The van der Waals surface area contributed by atoms with E-state index in [2.05, 4.69) is 15.5 Å². The third kappa shape index (κ3) is 3.31. The number of carbonyl (C=O) groups excluding carboxylic acids is 2. The minimum Gasteiger partial charge on any atom is -0.322 e. The first-order chi connectivity index (χ1) is 11.7. The van der Waals surface area contributed by atoms with E-state index >= 15 is 0 Å². The summed E-state index contributed by atoms with van der Waals surface area (Å²) in [6.07, 6.45) is 0. The number of amides is 2. The van der Waals surface area contributed by atoms with Gasteiger partial charge in [-0.25, -0.2) is 5.48 Å². The molecule has 1 aromatic heterocycles. The molecule has 0 saturated carbocycles. The zero-order valence-electron chi connectivity index (χ0n) is 12.5. The van der Waals surface area contributed by atoms with E-state index in [4.69, 9.17) is 5.21 Å². The van der Waals surface area contributed by atoms with Crippen LogP contribution < -0.4 is 10.8 Å². The van der Waals surface area contributed by atoms with Gasteiger partial charge >= 0.3 is 0 Å². The van der Waals surface area contributed by atoms with Crippen molar-refractivity contribution in [2.24, 2.45) is 0 Å². The molecule has 0 bridgehead atoms. The molecule has 0 radical (unpaired) electrons. The zero-order valence-corrected chi connectivity index (χ0v) is 12.5. The van der Waals surface area contributed by atoms with Crippen molar-refractivity contribution in [2.75, 3.05) is 5.32 Å². The fraction of sp³-hybridized carbons (Fsp3) is 0. The van der Waals surface area contributed by atoms with Gasteiger partial charge < -0.3 is 5.32 Å². The smallest absolute Gasteiger partial charge is 0.292 e. The van der Waals surface area contributed by atoms with Crippen molar-refractivity contribution in [3.05, 3.63) is 71.9 Å². The van der Waals surface area contributed by atoms with Gasteiger partial charge in [0.1, 0.15) is 5.69 Å². The lowest BCUT2D eigenvalue weighted by Crippen LogP contribution is -2.18. The molecular weight excluding hydrogens is 308 g/mol. The molecule has 2 aromatic carbocycles. The molecule has 3 rings (SSSR count). The highest BCUT2D eigenvalue weighted by Gasteiger charge is 2.11. The molecule has 0 aliphatic carbocycles. The molecule has 0 spiro atoms. The zero-order chi connectivity index (χ0) is 16.9. The van der Waals surface area contributed by atoms with E-state index in [9.17, 15) is 9.59 Å². The molecule has 7 heteroatoms. The second-order valence-electron chi connectivity index (χ2n) is 5.01. The van der Waals surface area contributed by atoms with Crippen LogP contribution >= 0.6 is 0 Å². The number of nitrogens with one attached hydrogen (secondary N) is 3. The van der Waals surface area contributed by atoms with Gasteiger partial charge in [-0.2, -0.15) is 5.10 Å². The maximum atomic E-state index is 12.2. The third-order valence-electron chi connectivity index (χ3n) is 3.38. The Hall–Kier alpha value is -3.45. The van der Waals surface area contributed by atoms with Crippen molar-refractivity contribution >= 4 is 17.5 Å². The molecule has 1 heterocycles. The lowest BCUT2D eigenvalue weighted by molar-refractivity contribution is 0.0700. The summed E-state index contributed by atoms with van der Waals surface area (Å²) in [6, 6.07) is 17.5. The van der Waals surface area contributed by atoms with Gasteiger partial charge in [0.15, 0.2) is 0 Å². The average molecular weight is 322 g/mol. The van der Waals surface area contributed by atoms with Gasteiger partial charge in [-0.3, -0.25) is 19.9 Å². The van der Waals surface area contributed by atoms with E-state index in [0.717, 1.165) is 0 Å². The van der Waals surface area contributed by atoms with Crippen LogP contribution in [-0.2, 0) is 0 Å². The fourth-order valence-electron chi connectivity index (χ4n) is 2.20. The number of hydrogen-bond acceptors (Lipinski definition) is 4. The van der Waals surface area contributed by atoms with Crippen LogP contribution in [0, 0.1) is 0 Å². The maximum absolute atomic E-state index is 12.2. The van der Waals surface area contributed by atoms with Crippen LogP contribution in [0.5, 0.6) is 0 Å². The molecule has 120 valence electrons. The second-order valence-corrected chi connectivity index (χ2v) is 5.01. The summed E-state index contributed by atoms with van der Waals surface area (Å²) < 4.78 is 0. The van der Waals surface area contributed by atoms with Crippen LogP contribution in [0.4, 0.5) is 5.69 Å². The Morgan fingerprint density at radius 2 is 1.75 bits per heavy atom. The summed E-state index contributed by atoms with van der Waals surface area (Å²) in [7, 11) is 0. The van der Waals surface area contributed by atoms with Gasteiger partial charge in [0, 0.05) is 16.8 Å². The monoisotopic (exact) mass is 322 g/mol. The van der Waals surface area contributed by atoms with E-state index in [1.165, 1.54) is 11.5 Å². The summed E-state index contributed by atoms with van der Waals surface area (Å²) in [6.45, 7) is 0. The van der Waals surface area contributed by atoms with Gasteiger partial charge in [-0.15, -0.1) is 0 Å². The lowest BCUT2D eigenvalue weighted by atomic mass is 10.1. The molecule has 7 nitrogen and oxygen atoms in total. The van der Waals surface area contributed by atoms with Crippen LogP contribution in [0.15, 0.2) is 60.7 Å². The Balaban J connectivity index is 1.80. The highest BCUT2D eigenvalue weighted by molar-refractivity contribution is 6.04. The third-order valence-corrected chi connectivity index (χ3v) is 3.38. The lowest BCUT2D eigenvalue weighted by Gasteiger charge is -2.06. The van der Waals surface area contributed by atoms with Crippen LogP contribution in [0.2, 0.25) is 0 Å². The molecule has 0 aliphatic heterocycles. The quantitative estimate of drug-likeness (QED) is 0.437. The molecule has 3 aromatic rings. The Morgan fingerprint density at radius 1 is 0.958 bits per heavy atom. The number of hydroxylamine groups is 1. The van der Waals surface area contributed by atoms with Crippen molar-refractivity contribution < 1.29 is 14.8 Å². The number of anilines is 1. The number of aromatic amines is 1. The number of carbonyl (C=O) groups is 2. The highest BCUT2D eigenvalue weighted by atomic mass is 16.5. The van der Waals surface area contributed by atoms with Crippen molar-refractivity contribution in [3.8, 4) is 11.3 Å². The largest absolute Gasteiger partial charge is 0.322 e. The molecule has 0 atom stereocenters. The number of H-pyrrole nitrogens is 1. The predicted molar refractivity (Wildman–Crippen MR) is 87.7 cm³/mol. The van der Waals surface area contributed by atoms with Crippen molar-refractivity contribution in [2.45, 2.75) is 0 Å². The van der Waals surface area contributed by atoms with Crippen LogP contribution in [-0.4, -0.2) is 27.2 Å². The molecular formula is C17H14N4O3. The van der Waals surface area contributed by atoms with Crippen molar-refractivity contribution in [1.29, 1.82) is 0 Å². The van der Waals surface area contributed by atoms with E-state index in [1.54, 1.807) is 48.5 Å². The van der Waals surface area contributed by atoms with Crippen LogP contribution in [0.1, 0.15) is 20.8 Å². The van der Waals surface area contributed by atoms with Crippen molar-refractivity contribution in [1.82, 2.24) is 15.7 Å². The minimum absolute atomic E-state index is 0.131. The molecule has 0 saturated heterocycles. The molecule has 2 amide bonds. The SMILES string of the molecule is O=C(Nc1cccc(-c2cc(C(=O)NO)[nH]n2)c1)c1ccccc1. The molecule has 0 unspecified atom stereocenters. The van der Waals surface area contributed by atoms with Gasteiger partial charge in [-0.05, 0) is 30.3 Å². The first-order valence-corrected chi connectivity index (χ1v) is 7.14. The standard InChI is InChI=1S/C17H14N4O3/c22-16(11-5-2-1-3-6-11)18-13-8-4-7-12(9-13)14-10-15(20-19-14)17(23)21-24/h1-10,24H,(H,18,22)(H,19,20)(H,21,23). The number of rotatable bonds is 4.